The number of carbonyl (C=O) groups is 1. The van der Waals surface area contributed by atoms with E-state index in [1.807, 2.05) is 43.0 Å². The standard InChI is InChI=1S/C20H28N4O2/c1-16-4-6-19(7-5-16)26-15-20(25)23-11-8-22(9-12-23)10-13-24-18(3)14-17(2)21-24/h4-7,14H,8-13,15H2,1-3H3. The zero-order chi connectivity index (χ0) is 18.5. The smallest absolute Gasteiger partial charge is 0.260 e. The van der Waals surface area contributed by atoms with Crippen LogP contribution in [0.4, 0.5) is 0 Å². The van der Waals surface area contributed by atoms with E-state index in [0.717, 1.165) is 50.7 Å². The van der Waals surface area contributed by atoms with Crippen LogP contribution < -0.4 is 4.74 Å². The van der Waals surface area contributed by atoms with Gasteiger partial charge in [-0.05, 0) is 39.0 Å². The van der Waals surface area contributed by atoms with Crippen molar-refractivity contribution in [3.05, 3.63) is 47.3 Å². The summed E-state index contributed by atoms with van der Waals surface area (Å²) < 4.78 is 7.67. The van der Waals surface area contributed by atoms with Crippen LogP contribution in [0, 0.1) is 20.8 Å². The van der Waals surface area contributed by atoms with E-state index in [0.29, 0.717) is 0 Å². The molecule has 1 fully saturated rings. The number of nitrogens with zero attached hydrogens (tertiary/aromatic N) is 4. The van der Waals surface area contributed by atoms with E-state index in [2.05, 4.69) is 27.7 Å². The molecule has 0 bridgehead atoms. The van der Waals surface area contributed by atoms with Crippen LogP contribution in [-0.4, -0.2) is 64.8 Å². The fourth-order valence-corrected chi connectivity index (χ4v) is 3.23. The third kappa shape index (κ3) is 4.85. The van der Waals surface area contributed by atoms with E-state index in [9.17, 15) is 4.79 Å². The zero-order valence-electron chi connectivity index (χ0n) is 15.9. The predicted molar refractivity (Wildman–Crippen MR) is 101 cm³/mol. The normalized spacial score (nSPS) is 15.3. The van der Waals surface area contributed by atoms with E-state index >= 15 is 0 Å². The molecule has 0 N–H and O–H groups in total. The fraction of sp³-hybridized carbons (Fsp3) is 0.500. The second-order valence-corrected chi connectivity index (χ2v) is 6.97. The van der Waals surface area contributed by atoms with Crippen molar-refractivity contribution in [1.82, 2.24) is 19.6 Å². The molecule has 0 unspecified atom stereocenters. The van der Waals surface area contributed by atoms with Crippen molar-refractivity contribution in [3.8, 4) is 5.75 Å². The van der Waals surface area contributed by atoms with E-state index in [-0.39, 0.29) is 12.5 Å². The van der Waals surface area contributed by atoms with Gasteiger partial charge in [0, 0.05) is 38.4 Å². The van der Waals surface area contributed by atoms with Crippen molar-refractivity contribution in [3.63, 3.8) is 0 Å². The van der Waals surface area contributed by atoms with Crippen molar-refractivity contribution in [1.29, 1.82) is 0 Å². The largest absolute Gasteiger partial charge is 0.484 e. The van der Waals surface area contributed by atoms with E-state index in [1.165, 1.54) is 11.3 Å². The highest BCUT2D eigenvalue weighted by Gasteiger charge is 2.21. The predicted octanol–water partition coefficient (Wildman–Crippen LogP) is 2.03. The molecule has 1 aromatic heterocycles. The Morgan fingerprint density at radius 1 is 1.04 bits per heavy atom. The Bertz CT molecular complexity index is 731. The maximum Gasteiger partial charge on any atom is 0.260 e. The van der Waals surface area contributed by atoms with Gasteiger partial charge < -0.3 is 9.64 Å². The molecule has 26 heavy (non-hydrogen) atoms. The minimum absolute atomic E-state index is 0.0590. The van der Waals surface area contributed by atoms with Crippen LogP contribution in [0.3, 0.4) is 0 Å². The lowest BCUT2D eigenvalue weighted by atomic mass is 10.2. The van der Waals surface area contributed by atoms with Gasteiger partial charge in [0.1, 0.15) is 5.75 Å². The quantitative estimate of drug-likeness (QED) is 0.795. The minimum Gasteiger partial charge on any atom is -0.484 e. The third-order valence-corrected chi connectivity index (χ3v) is 4.84. The highest BCUT2D eigenvalue weighted by molar-refractivity contribution is 5.77. The van der Waals surface area contributed by atoms with Gasteiger partial charge in [-0.3, -0.25) is 14.4 Å². The van der Waals surface area contributed by atoms with Gasteiger partial charge in [0.15, 0.2) is 6.61 Å². The van der Waals surface area contributed by atoms with Crippen molar-refractivity contribution in [2.45, 2.75) is 27.3 Å². The van der Waals surface area contributed by atoms with Gasteiger partial charge in [-0.2, -0.15) is 5.10 Å². The number of rotatable bonds is 6. The molecule has 0 radical (unpaired) electrons. The van der Waals surface area contributed by atoms with E-state index < -0.39 is 0 Å². The van der Waals surface area contributed by atoms with Crippen molar-refractivity contribution >= 4 is 5.91 Å². The Labute approximate surface area is 155 Å². The third-order valence-electron chi connectivity index (χ3n) is 4.84. The molecule has 0 spiro atoms. The second kappa shape index (κ2) is 8.36. The van der Waals surface area contributed by atoms with Gasteiger partial charge >= 0.3 is 0 Å². The first-order valence-corrected chi connectivity index (χ1v) is 9.22. The maximum absolute atomic E-state index is 12.3. The molecule has 2 aromatic rings. The number of aryl methyl sites for hydroxylation is 3. The first kappa shape index (κ1) is 18.5. The number of hydrogen-bond acceptors (Lipinski definition) is 4. The molecule has 0 saturated carbocycles. The van der Waals surface area contributed by atoms with Gasteiger partial charge in [0.25, 0.3) is 5.91 Å². The first-order chi connectivity index (χ1) is 12.5. The second-order valence-electron chi connectivity index (χ2n) is 6.97. The Kier molecular flexibility index (Phi) is 5.93. The van der Waals surface area contributed by atoms with Gasteiger partial charge in [-0.15, -0.1) is 0 Å². The molecule has 6 heteroatoms. The van der Waals surface area contributed by atoms with Crippen molar-refractivity contribution in [2.75, 3.05) is 39.3 Å². The van der Waals surface area contributed by atoms with Crippen LogP contribution in [0.25, 0.3) is 0 Å². The molecular weight excluding hydrogens is 328 g/mol. The van der Waals surface area contributed by atoms with Crippen LogP contribution in [0.2, 0.25) is 0 Å². The van der Waals surface area contributed by atoms with Crippen LogP contribution in [0.1, 0.15) is 17.0 Å². The van der Waals surface area contributed by atoms with Gasteiger partial charge in [-0.25, -0.2) is 0 Å². The number of piperazine rings is 1. The SMILES string of the molecule is Cc1ccc(OCC(=O)N2CCN(CCn3nc(C)cc3C)CC2)cc1. The highest BCUT2D eigenvalue weighted by atomic mass is 16.5. The zero-order valence-corrected chi connectivity index (χ0v) is 15.9. The number of amides is 1. The maximum atomic E-state index is 12.3. The molecule has 3 rings (SSSR count). The lowest BCUT2D eigenvalue weighted by Crippen LogP contribution is -2.50. The Morgan fingerprint density at radius 2 is 1.73 bits per heavy atom. The van der Waals surface area contributed by atoms with Gasteiger partial charge in [-0.1, -0.05) is 17.7 Å². The minimum atomic E-state index is 0.0590. The Balaban J connectivity index is 1.39. The summed E-state index contributed by atoms with van der Waals surface area (Å²) in [5.41, 5.74) is 3.44. The van der Waals surface area contributed by atoms with Crippen LogP contribution >= 0.6 is 0 Å². The summed E-state index contributed by atoms with van der Waals surface area (Å²) in [6.45, 7) is 11.4. The van der Waals surface area contributed by atoms with E-state index in [1.54, 1.807) is 0 Å². The molecule has 0 atom stereocenters. The monoisotopic (exact) mass is 356 g/mol. The molecule has 1 amide bonds. The molecule has 1 aromatic carbocycles. The number of ether oxygens (including phenoxy) is 1. The Morgan fingerprint density at radius 3 is 2.35 bits per heavy atom. The summed E-state index contributed by atoms with van der Waals surface area (Å²) in [5.74, 6) is 0.802. The Hall–Kier alpha value is -2.34. The molecule has 6 nitrogen and oxygen atoms in total. The van der Waals surface area contributed by atoms with Gasteiger partial charge in [0.05, 0.1) is 12.2 Å². The van der Waals surface area contributed by atoms with Crippen LogP contribution in [-0.2, 0) is 11.3 Å². The summed E-state index contributed by atoms with van der Waals surface area (Å²) >= 11 is 0. The van der Waals surface area contributed by atoms with Crippen LogP contribution in [0.15, 0.2) is 30.3 Å². The number of aromatic nitrogens is 2. The molecule has 0 aliphatic carbocycles. The highest BCUT2D eigenvalue weighted by Crippen LogP contribution is 2.12. The molecule has 1 aliphatic heterocycles. The molecule has 2 heterocycles. The number of carbonyl (C=O) groups excluding carboxylic acids is 1. The van der Waals surface area contributed by atoms with Crippen molar-refractivity contribution < 1.29 is 9.53 Å². The number of hydrogen-bond donors (Lipinski definition) is 0. The van der Waals surface area contributed by atoms with Crippen molar-refractivity contribution in [2.24, 2.45) is 0 Å². The average Bonchev–Trinajstić information content (AvgIpc) is 2.97. The lowest BCUT2D eigenvalue weighted by molar-refractivity contribution is -0.135. The van der Waals surface area contributed by atoms with Crippen LogP contribution in [0.5, 0.6) is 5.75 Å². The molecular formula is C20H28N4O2. The summed E-state index contributed by atoms with van der Waals surface area (Å²) in [6.07, 6.45) is 0. The molecule has 1 saturated heterocycles. The fourth-order valence-electron chi connectivity index (χ4n) is 3.23. The average molecular weight is 356 g/mol. The van der Waals surface area contributed by atoms with E-state index in [4.69, 9.17) is 4.74 Å². The topological polar surface area (TPSA) is 50.6 Å². The summed E-state index contributed by atoms with van der Waals surface area (Å²) in [5, 5.41) is 4.51. The number of benzene rings is 1. The summed E-state index contributed by atoms with van der Waals surface area (Å²) in [4.78, 5) is 16.6. The lowest BCUT2D eigenvalue weighted by Gasteiger charge is -2.34. The molecule has 140 valence electrons. The first-order valence-electron chi connectivity index (χ1n) is 9.22. The molecule has 1 aliphatic rings. The summed E-state index contributed by atoms with van der Waals surface area (Å²) in [7, 11) is 0. The summed E-state index contributed by atoms with van der Waals surface area (Å²) in [6, 6.07) is 9.88. The van der Waals surface area contributed by atoms with Gasteiger partial charge in [0.2, 0.25) is 0 Å².